The van der Waals surface area contributed by atoms with Crippen LogP contribution in [0.15, 0.2) is 133 Å². The van der Waals surface area contributed by atoms with Gasteiger partial charge in [-0.1, -0.05) is 48.5 Å². The van der Waals surface area contributed by atoms with E-state index >= 15 is 0 Å². The van der Waals surface area contributed by atoms with Gasteiger partial charge in [0.1, 0.15) is 34.6 Å². The van der Waals surface area contributed by atoms with Crippen LogP contribution in [0.1, 0.15) is 31.8 Å². The Hall–Kier alpha value is -5.62. The van der Waals surface area contributed by atoms with Crippen LogP contribution in [-0.4, -0.2) is 11.6 Å². The van der Waals surface area contributed by atoms with E-state index in [0.29, 0.717) is 22.3 Å². The molecule has 42 heavy (non-hydrogen) atoms. The van der Waals surface area contributed by atoms with E-state index in [9.17, 15) is 18.4 Å². The third-order valence-electron chi connectivity index (χ3n) is 6.72. The number of carbonyl (C=O) groups excluding carboxylic acids is 2. The summed E-state index contributed by atoms with van der Waals surface area (Å²) in [7, 11) is 0. The molecule has 0 bridgehead atoms. The molecule has 0 heterocycles. The molecular formula is C36H22F2O4. The number of para-hydroxylation sites is 2. The Labute approximate surface area is 240 Å². The van der Waals surface area contributed by atoms with Gasteiger partial charge < -0.3 is 9.47 Å². The largest absolute Gasteiger partial charge is 0.457 e. The Morgan fingerprint density at radius 3 is 1.21 bits per heavy atom. The molecule has 0 aliphatic rings. The van der Waals surface area contributed by atoms with Crippen molar-refractivity contribution in [1.82, 2.24) is 0 Å². The van der Waals surface area contributed by atoms with Crippen LogP contribution in [0.4, 0.5) is 8.78 Å². The average Bonchev–Trinajstić information content (AvgIpc) is 3.02. The van der Waals surface area contributed by atoms with Crippen molar-refractivity contribution in [3.05, 3.63) is 167 Å². The highest BCUT2D eigenvalue weighted by atomic mass is 19.1. The molecule has 6 aromatic carbocycles. The Morgan fingerprint density at radius 1 is 0.452 bits per heavy atom. The maximum atomic E-state index is 14.2. The smallest absolute Gasteiger partial charge is 0.197 e. The molecule has 0 saturated heterocycles. The van der Waals surface area contributed by atoms with Gasteiger partial charge in [0.2, 0.25) is 0 Å². The van der Waals surface area contributed by atoms with Crippen LogP contribution >= 0.6 is 0 Å². The second-order valence-corrected chi connectivity index (χ2v) is 9.48. The average molecular weight is 557 g/mol. The summed E-state index contributed by atoms with van der Waals surface area (Å²) in [6.07, 6.45) is 0. The van der Waals surface area contributed by atoms with E-state index in [-0.39, 0.29) is 33.8 Å². The van der Waals surface area contributed by atoms with Crippen molar-refractivity contribution in [2.24, 2.45) is 0 Å². The molecule has 0 amide bonds. The Morgan fingerprint density at radius 2 is 0.833 bits per heavy atom. The minimum absolute atomic E-state index is 0.104. The number of benzene rings is 6. The lowest BCUT2D eigenvalue weighted by atomic mass is 9.89. The van der Waals surface area contributed by atoms with E-state index in [0.717, 1.165) is 0 Å². The Kier molecular flexibility index (Phi) is 7.26. The molecule has 0 aromatic heterocycles. The summed E-state index contributed by atoms with van der Waals surface area (Å²) in [6.45, 7) is 0. The molecule has 0 N–H and O–H groups in total. The highest BCUT2D eigenvalue weighted by Gasteiger charge is 2.27. The van der Waals surface area contributed by atoms with Crippen molar-refractivity contribution in [3.63, 3.8) is 0 Å². The molecule has 4 nitrogen and oxygen atoms in total. The van der Waals surface area contributed by atoms with E-state index in [1.807, 2.05) is 12.1 Å². The second-order valence-electron chi connectivity index (χ2n) is 9.48. The van der Waals surface area contributed by atoms with Crippen LogP contribution in [0.2, 0.25) is 0 Å². The van der Waals surface area contributed by atoms with Crippen molar-refractivity contribution in [1.29, 1.82) is 0 Å². The summed E-state index contributed by atoms with van der Waals surface area (Å²) in [5.74, 6) is -0.567. The van der Waals surface area contributed by atoms with Crippen molar-refractivity contribution in [3.8, 4) is 23.0 Å². The monoisotopic (exact) mass is 556 g/mol. The lowest BCUT2D eigenvalue weighted by Crippen LogP contribution is -2.11. The first kappa shape index (κ1) is 26.6. The maximum Gasteiger partial charge on any atom is 0.197 e. The summed E-state index contributed by atoms with van der Waals surface area (Å²) in [6, 6.07) is 35.0. The first-order chi connectivity index (χ1) is 20.5. The van der Waals surface area contributed by atoms with Gasteiger partial charge in [0, 0.05) is 16.5 Å². The van der Waals surface area contributed by atoms with Crippen LogP contribution in [0, 0.1) is 11.6 Å². The number of ether oxygens (including phenoxy) is 2. The van der Waals surface area contributed by atoms with Gasteiger partial charge in [-0.15, -0.1) is 0 Å². The quantitative estimate of drug-likeness (QED) is 0.175. The van der Waals surface area contributed by atoms with E-state index < -0.39 is 23.2 Å². The molecule has 0 saturated carbocycles. The molecular weight excluding hydrogens is 534 g/mol. The topological polar surface area (TPSA) is 52.6 Å². The number of rotatable bonds is 8. The fourth-order valence-electron chi connectivity index (χ4n) is 4.72. The lowest BCUT2D eigenvalue weighted by molar-refractivity contribution is 0.103. The Balaban J connectivity index is 1.65. The van der Waals surface area contributed by atoms with Gasteiger partial charge in [-0.25, -0.2) is 8.78 Å². The first-order valence-corrected chi connectivity index (χ1v) is 13.1. The van der Waals surface area contributed by atoms with Gasteiger partial charge >= 0.3 is 0 Å². The fourth-order valence-corrected chi connectivity index (χ4v) is 4.72. The van der Waals surface area contributed by atoms with Gasteiger partial charge in [0.15, 0.2) is 11.6 Å². The molecule has 0 atom stereocenters. The summed E-state index contributed by atoms with van der Waals surface area (Å²) in [5.41, 5.74) is 0.617. The second kappa shape index (κ2) is 11.5. The maximum absolute atomic E-state index is 14.2. The van der Waals surface area contributed by atoms with E-state index in [1.165, 1.54) is 48.5 Å². The third kappa shape index (κ3) is 5.38. The molecule has 0 aliphatic heterocycles. The van der Waals surface area contributed by atoms with Gasteiger partial charge in [-0.3, -0.25) is 9.59 Å². The van der Waals surface area contributed by atoms with Crippen molar-refractivity contribution < 1.29 is 27.8 Å². The van der Waals surface area contributed by atoms with Crippen LogP contribution < -0.4 is 9.47 Å². The zero-order valence-electron chi connectivity index (χ0n) is 22.1. The van der Waals surface area contributed by atoms with Crippen LogP contribution in [-0.2, 0) is 0 Å². The molecule has 0 spiro atoms. The van der Waals surface area contributed by atoms with Crippen molar-refractivity contribution in [2.75, 3.05) is 0 Å². The predicted octanol–water partition coefficient (Wildman–Crippen LogP) is 9.16. The molecule has 6 heteroatoms. The molecule has 6 aromatic rings. The molecule has 204 valence electrons. The fraction of sp³-hybridized carbons (Fsp3) is 0. The third-order valence-corrected chi connectivity index (χ3v) is 6.72. The van der Waals surface area contributed by atoms with Gasteiger partial charge in [0.25, 0.3) is 0 Å². The number of halogens is 2. The number of ketones is 2. The molecule has 6 rings (SSSR count). The summed E-state index contributed by atoms with van der Waals surface area (Å²) in [4.78, 5) is 28.4. The summed E-state index contributed by atoms with van der Waals surface area (Å²) >= 11 is 0. The number of hydrogen-bond donors (Lipinski definition) is 0. The normalized spacial score (nSPS) is 10.8. The number of hydrogen-bond acceptors (Lipinski definition) is 4. The first-order valence-electron chi connectivity index (χ1n) is 13.1. The van der Waals surface area contributed by atoms with Crippen LogP contribution in [0.3, 0.4) is 0 Å². The van der Waals surface area contributed by atoms with E-state index in [2.05, 4.69) is 0 Å². The number of fused-ring (bicyclic) bond motifs is 1. The van der Waals surface area contributed by atoms with Gasteiger partial charge in [0.05, 0.1) is 11.1 Å². The SMILES string of the molecule is O=C(c1ccc(F)cc1)c1c(Oc2ccccc2)ccc2ccc(Oc3ccccc3)c(C(=O)c3ccc(F)cc3)c12. The lowest BCUT2D eigenvalue weighted by Gasteiger charge is -2.19. The summed E-state index contributed by atoms with van der Waals surface area (Å²) in [5, 5.41) is 0.868. The van der Waals surface area contributed by atoms with Crippen LogP contribution in [0.5, 0.6) is 23.0 Å². The van der Waals surface area contributed by atoms with E-state index in [1.54, 1.807) is 72.8 Å². The predicted molar refractivity (Wildman–Crippen MR) is 157 cm³/mol. The Bertz CT molecular complexity index is 1760. The van der Waals surface area contributed by atoms with Gasteiger partial charge in [-0.2, -0.15) is 0 Å². The highest BCUT2D eigenvalue weighted by Crippen LogP contribution is 2.40. The standard InChI is InChI=1S/C36H22F2O4/c37-26-17-11-24(12-18-26)35(39)33-30(41-28-7-3-1-4-8-28)21-15-23-16-22-31(42-29-9-5-2-6-10-29)34(32(23)33)36(40)25-13-19-27(38)20-14-25/h1-22H. The van der Waals surface area contributed by atoms with Gasteiger partial charge in [-0.05, 0) is 90.3 Å². The van der Waals surface area contributed by atoms with Crippen molar-refractivity contribution >= 4 is 22.3 Å². The highest BCUT2D eigenvalue weighted by molar-refractivity contribution is 6.26. The minimum Gasteiger partial charge on any atom is -0.457 e. The number of carbonyl (C=O) groups is 2. The van der Waals surface area contributed by atoms with E-state index in [4.69, 9.17) is 9.47 Å². The zero-order chi connectivity index (χ0) is 29.1. The molecule has 0 unspecified atom stereocenters. The molecule has 0 fully saturated rings. The minimum atomic E-state index is -0.490. The molecule has 0 aliphatic carbocycles. The molecule has 0 radical (unpaired) electrons. The van der Waals surface area contributed by atoms with Crippen molar-refractivity contribution in [2.45, 2.75) is 0 Å². The summed E-state index contributed by atoms with van der Waals surface area (Å²) < 4.78 is 40.0. The zero-order valence-corrected chi connectivity index (χ0v) is 22.1. The van der Waals surface area contributed by atoms with Crippen LogP contribution in [0.25, 0.3) is 10.8 Å².